The summed E-state index contributed by atoms with van der Waals surface area (Å²) >= 11 is 0. The minimum atomic E-state index is -1.24. The summed E-state index contributed by atoms with van der Waals surface area (Å²) in [5.41, 5.74) is -0.270. The molecule has 106 valence electrons. The molecule has 0 radical (unpaired) electrons. The largest absolute Gasteiger partial charge is 0.490 e. The number of para-hydroxylation sites is 1. The third kappa shape index (κ3) is 2.80. The Morgan fingerprint density at radius 1 is 1.40 bits per heavy atom. The summed E-state index contributed by atoms with van der Waals surface area (Å²) in [5, 5.41) is 9.25. The van der Waals surface area contributed by atoms with Crippen LogP contribution in [0.25, 0.3) is 10.9 Å². The number of rotatable bonds is 5. The molecule has 0 aliphatic heterocycles. The predicted octanol–water partition coefficient (Wildman–Crippen LogP) is 1.17. The minimum Gasteiger partial charge on any atom is -0.490 e. The van der Waals surface area contributed by atoms with Gasteiger partial charge in [0.2, 0.25) is 5.43 Å². The number of nitrogens with one attached hydrogen (secondary N) is 1. The third-order valence-electron chi connectivity index (χ3n) is 2.90. The van der Waals surface area contributed by atoms with Crippen molar-refractivity contribution < 1.29 is 14.6 Å². The second-order valence-electron chi connectivity index (χ2n) is 4.67. The Morgan fingerprint density at radius 3 is 2.80 bits per heavy atom. The molecule has 6 heteroatoms. The number of likely N-dealkylation sites (N-methyl/N-ethyl adjacent to an activating group) is 1. The van der Waals surface area contributed by atoms with Gasteiger partial charge in [-0.15, -0.1) is 0 Å². The van der Waals surface area contributed by atoms with Gasteiger partial charge in [-0.05, 0) is 26.2 Å². The lowest BCUT2D eigenvalue weighted by Crippen LogP contribution is -2.20. The molecule has 6 nitrogen and oxygen atoms in total. The number of benzene rings is 1. The number of pyridine rings is 1. The average Bonchev–Trinajstić information content (AvgIpc) is 2.39. The molecule has 0 spiro atoms. The summed E-state index contributed by atoms with van der Waals surface area (Å²) in [6, 6.07) is 5.00. The Morgan fingerprint density at radius 2 is 2.15 bits per heavy atom. The van der Waals surface area contributed by atoms with Crippen molar-refractivity contribution in [3.05, 3.63) is 40.2 Å². The van der Waals surface area contributed by atoms with Crippen LogP contribution in [0.15, 0.2) is 29.2 Å². The van der Waals surface area contributed by atoms with E-state index in [2.05, 4.69) is 4.98 Å². The lowest BCUT2D eigenvalue weighted by Gasteiger charge is -2.12. The van der Waals surface area contributed by atoms with Crippen molar-refractivity contribution in [1.29, 1.82) is 0 Å². The molecule has 2 N–H and O–H groups in total. The number of aromatic amines is 1. The second kappa shape index (κ2) is 5.75. The van der Waals surface area contributed by atoms with Gasteiger partial charge in [0, 0.05) is 12.7 Å². The second-order valence-corrected chi connectivity index (χ2v) is 4.67. The van der Waals surface area contributed by atoms with Crippen molar-refractivity contribution in [3.8, 4) is 5.75 Å². The number of aromatic nitrogens is 1. The molecule has 2 aromatic rings. The van der Waals surface area contributed by atoms with Crippen LogP contribution in [0.4, 0.5) is 0 Å². The maximum atomic E-state index is 12.0. The maximum Gasteiger partial charge on any atom is 0.341 e. The van der Waals surface area contributed by atoms with E-state index in [1.807, 2.05) is 19.0 Å². The van der Waals surface area contributed by atoms with Crippen LogP contribution >= 0.6 is 0 Å². The van der Waals surface area contributed by atoms with Crippen molar-refractivity contribution in [3.63, 3.8) is 0 Å². The number of ether oxygens (including phenoxy) is 1. The highest BCUT2D eigenvalue weighted by Gasteiger charge is 2.13. The number of carboxylic acids is 1. The fourth-order valence-electron chi connectivity index (χ4n) is 1.84. The van der Waals surface area contributed by atoms with Gasteiger partial charge in [0.05, 0.1) is 10.9 Å². The van der Waals surface area contributed by atoms with Crippen LogP contribution in [0.3, 0.4) is 0 Å². The molecule has 0 amide bonds. The van der Waals surface area contributed by atoms with Gasteiger partial charge in [0.1, 0.15) is 17.9 Å². The van der Waals surface area contributed by atoms with Crippen molar-refractivity contribution in [2.45, 2.75) is 0 Å². The van der Waals surface area contributed by atoms with Crippen LogP contribution in [-0.4, -0.2) is 48.2 Å². The quantitative estimate of drug-likeness (QED) is 0.856. The van der Waals surface area contributed by atoms with E-state index in [9.17, 15) is 9.59 Å². The van der Waals surface area contributed by atoms with E-state index in [0.29, 0.717) is 23.3 Å². The summed E-state index contributed by atoms with van der Waals surface area (Å²) < 4.78 is 5.63. The van der Waals surface area contributed by atoms with E-state index in [4.69, 9.17) is 9.84 Å². The number of carbonyl (C=O) groups is 1. The van der Waals surface area contributed by atoms with Crippen LogP contribution in [0.2, 0.25) is 0 Å². The Labute approximate surface area is 115 Å². The Balaban J connectivity index is 2.41. The van der Waals surface area contributed by atoms with E-state index in [1.165, 1.54) is 6.20 Å². The van der Waals surface area contributed by atoms with Gasteiger partial charge in [-0.3, -0.25) is 4.79 Å². The van der Waals surface area contributed by atoms with Crippen molar-refractivity contribution >= 4 is 16.9 Å². The summed E-state index contributed by atoms with van der Waals surface area (Å²) in [7, 11) is 3.88. The molecule has 1 aromatic heterocycles. The Kier molecular flexibility index (Phi) is 4.05. The Hall–Kier alpha value is -2.34. The first kappa shape index (κ1) is 14.1. The minimum absolute atomic E-state index is 0.275. The molecule has 1 heterocycles. The molecular weight excluding hydrogens is 260 g/mol. The number of H-pyrrole nitrogens is 1. The van der Waals surface area contributed by atoms with Gasteiger partial charge in [-0.25, -0.2) is 4.79 Å². The topological polar surface area (TPSA) is 82.6 Å². The van der Waals surface area contributed by atoms with Gasteiger partial charge in [-0.1, -0.05) is 6.07 Å². The van der Waals surface area contributed by atoms with Crippen LogP contribution in [0.5, 0.6) is 5.75 Å². The molecule has 0 saturated carbocycles. The lowest BCUT2D eigenvalue weighted by molar-refractivity contribution is 0.0695. The van der Waals surface area contributed by atoms with Crippen LogP contribution < -0.4 is 10.2 Å². The van der Waals surface area contributed by atoms with Gasteiger partial charge in [-0.2, -0.15) is 0 Å². The maximum absolute atomic E-state index is 12.0. The van der Waals surface area contributed by atoms with Crippen LogP contribution in [0.1, 0.15) is 10.4 Å². The molecule has 0 aliphatic carbocycles. The van der Waals surface area contributed by atoms with E-state index < -0.39 is 11.4 Å². The summed E-state index contributed by atoms with van der Waals surface area (Å²) in [6.07, 6.45) is 1.20. The fourth-order valence-corrected chi connectivity index (χ4v) is 1.84. The van der Waals surface area contributed by atoms with Crippen LogP contribution in [0, 0.1) is 0 Å². The predicted molar refractivity (Wildman–Crippen MR) is 75.6 cm³/mol. The average molecular weight is 276 g/mol. The number of aromatic carboxylic acids is 1. The molecule has 0 bridgehead atoms. The zero-order chi connectivity index (χ0) is 14.7. The van der Waals surface area contributed by atoms with E-state index >= 15 is 0 Å². The SMILES string of the molecule is CN(C)CCOc1cccc2c(=O)c(C(=O)O)c[nH]c12. The number of carboxylic acid groups (broad SMARTS) is 1. The highest BCUT2D eigenvalue weighted by molar-refractivity contribution is 5.93. The molecule has 0 aliphatic rings. The zero-order valence-electron chi connectivity index (χ0n) is 11.3. The highest BCUT2D eigenvalue weighted by Crippen LogP contribution is 2.21. The molecule has 0 unspecified atom stereocenters. The molecule has 0 fully saturated rings. The monoisotopic (exact) mass is 276 g/mol. The first-order valence-corrected chi connectivity index (χ1v) is 6.16. The third-order valence-corrected chi connectivity index (χ3v) is 2.90. The van der Waals surface area contributed by atoms with Gasteiger partial charge in [0.15, 0.2) is 0 Å². The first-order chi connectivity index (χ1) is 9.50. The van der Waals surface area contributed by atoms with Crippen molar-refractivity contribution in [2.24, 2.45) is 0 Å². The molecular formula is C14H16N2O4. The summed E-state index contributed by atoms with van der Waals surface area (Å²) in [6.45, 7) is 1.22. The molecule has 0 saturated heterocycles. The van der Waals surface area contributed by atoms with E-state index in [0.717, 1.165) is 6.54 Å². The number of nitrogens with zero attached hydrogens (tertiary/aromatic N) is 1. The number of fused-ring (bicyclic) bond motifs is 1. The van der Waals surface area contributed by atoms with Gasteiger partial charge < -0.3 is 19.7 Å². The first-order valence-electron chi connectivity index (χ1n) is 6.16. The van der Waals surface area contributed by atoms with Crippen molar-refractivity contribution in [1.82, 2.24) is 9.88 Å². The normalized spacial score (nSPS) is 10.9. The molecule has 2 rings (SSSR count). The summed E-state index contributed by atoms with van der Waals surface area (Å²) in [5.74, 6) is -0.703. The molecule has 0 atom stereocenters. The molecule has 20 heavy (non-hydrogen) atoms. The van der Waals surface area contributed by atoms with E-state index in [1.54, 1.807) is 18.2 Å². The fraction of sp³-hybridized carbons (Fsp3) is 0.286. The molecule has 1 aromatic carbocycles. The smallest absolute Gasteiger partial charge is 0.341 e. The highest BCUT2D eigenvalue weighted by atomic mass is 16.5. The lowest BCUT2D eigenvalue weighted by atomic mass is 10.1. The van der Waals surface area contributed by atoms with Crippen LogP contribution in [-0.2, 0) is 0 Å². The van der Waals surface area contributed by atoms with Gasteiger partial charge >= 0.3 is 5.97 Å². The van der Waals surface area contributed by atoms with Crippen molar-refractivity contribution in [2.75, 3.05) is 27.2 Å². The standard InChI is InChI=1S/C14H16N2O4/c1-16(2)6-7-20-11-5-3-4-9-12(11)15-8-10(13(9)17)14(18)19/h3-5,8H,6-7H2,1-2H3,(H,15,17)(H,18,19). The van der Waals surface area contributed by atoms with Gasteiger partial charge in [0.25, 0.3) is 0 Å². The Bertz CT molecular complexity index is 691. The zero-order valence-corrected chi connectivity index (χ0v) is 11.3. The number of hydrogen-bond donors (Lipinski definition) is 2. The number of hydrogen-bond acceptors (Lipinski definition) is 4. The summed E-state index contributed by atoms with van der Waals surface area (Å²) in [4.78, 5) is 27.8. The van der Waals surface area contributed by atoms with E-state index in [-0.39, 0.29) is 5.56 Å².